The van der Waals surface area contributed by atoms with E-state index in [1.807, 2.05) is 36.5 Å². The Hall–Kier alpha value is -5.84. The van der Waals surface area contributed by atoms with Crippen molar-refractivity contribution in [3.05, 3.63) is 182 Å². The molecule has 0 saturated carbocycles. The van der Waals surface area contributed by atoms with E-state index in [9.17, 15) is 43.2 Å². The largest absolute Gasteiger partial charge is 0.472 e. The number of esters is 4. The monoisotopic (exact) mass is 1550 g/mol. The minimum Gasteiger partial charge on any atom is -0.462 e. The molecule has 5 atom stereocenters. The molecule has 0 aliphatic heterocycles. The van der Waals surface area contributed by atoms with Crippen molar-refractivity contribution in [3.8, 4) is 0 Å². The summed E-state index contributed by atoms with van der Waals surface area (Å²) in [6.45, 7) is 4.46. The van der Waals surface area contributed by atoms with Crippen molar-refractivity contribution in [1.82, 2.24) is 0 Å². The second-order valence-corrected chi connectivity index (χ2v) is 29.5. The topological polar surface area (TPSA) is 237 Å². The molecule has 0 aromatic heterocycles. The lowest BCUT2D eigenvalue weighted by Gasteiger charge is -2.21. The zero-order valence-corrected chi connectivity index (χ0v) is 68.7. The number of aliphatic hydroxyl groups excluding tert-OH is 1. The van der Waals surface area contributed by atoms with Gasteiger partial charge in [0.25, 0.3) is 0 Å². The number of phosphoric acid groups is 2. The molecule has 0 amide bonds. The average molecular weight is 1550 g/mol. The highest BCUT2D eigenvalue weighted by Crippen LogP contribution is 2.45. The summed E-state index contributed by atoms with van der Waals surface area (Å²) in [4.78, 5) is 73.1. The summed E-state index contributed by atoms with van der Waals surface area (Å²) in [5, 5.41) is 10.7. The van der Waals surface area contributed by atoms with E-state index in [-0.39, 0.29) is 25.7 Å². The van der Waals surface area contributed by atoms with E-state index in [0.29, 0.717) is 38.5 Å². The summed E-state index contributed by atoms with van der Waals surface area (Å²) in [6, 6.07) is 0. The summed E-state index contributed by atoms with van der Waals surface area (Å²) in [5.74, 6) is -2.42. The number of phosphoric ester groups is 2. The molecule has 0 spiro atoms. The number of carbonyl (C=O) groups is 4. The minimum absolute atomic E-state index is 0.0146. The molecule has 0 heterocycles. The van der Waals surface area contributed by atoms with Gasteiger partial charge in [-0.05, 0) is 167 Å². The Kier molecular flexibility index (Phi) is 75.0. The van der Waals surface area contributed by atoms with Crippen LogP contribution in [-0.4, -0.2) is 96.7 Å². The molecule has 0 radical (unpaired) electrons. The molecule has 612 valence electrons. The second-order valence-electron chi connectivity index (χ2n) is 26.6. The molecule has 0 rings (SSSR count). The Labute approximate surface area is 654 Å². The highest BCUT2D eigenvalue weighted by molar-refractivity contribution is 7.47. The average Bonchev–Trinajstić information content (AvgIpc) is 0.900. The first-order valence-electron chi connectivity index (χ1n) is 41.0. The lowest BCUT2D eigenvalue weighted by molar-refractivity contribution is -0.161. The van der Waals surface area contributed by atoms with E-state index in [0.717, 1.165) is 148 Å². The van der Waals surface area contributed by atoms with Gasteiger partial charge in [-0.2, -0.15) is 0 Å². The molecule has 108 heavy (non-hydrogen) atoms. The summed E-state index contributed by atoms with van der Waals surface area (Å²) >= 11 is 0. The molecule has 17 nitrogen and oxygen atoms in total. The highest BCUT2D eigenvalue weighted by atomic mass is 31.2. The molecule has 0 saturated heterocycles. The molecular formula is C89H144O17P2. The van der Waals surface area contributed by atoms with Crippen LogP contribution in [0.25, 0.3) is 0 Å². The van der Waals surface area contributed by atoms with Crippen molar-refractivity contribution in [2.75, 3.05) is 39.6 Å². The van der Waals surface area contributed by atoms with E-state index in [4.69, 9.17) is 37.0 Å². The smallest absolute Gasteiger partial charge is 0.462 e. The van der Waals surface area contributed by atoms with Gasteiger partial charge in [0.15, 0.2) is 12.2 Å². The number of rotatable bonds is 75. The van der Waals surface area contributed by atoms with Gasteiger partial charge in [0.2, 0.25) is 0 Å². The van der Waals surface area contributed by atoms with Gasteiger partial charge in [0.1, 0.15) is 19.3 Å². The van der Waals surface area contributed by atoms with Crippen molar-refractivity contribution in [3.63, 3.8) is 0 Å². The Bertz CT molecular complexity index is 2760. The molecule has 0 bridgehead atoms. The van der Waals surface area contributed by atoms with Crippen LogP contribution in [0.4, 0.5) is 0 Å². The van der Waals surface area contributed by atoms with Crippen LogP contribution in [0.5, 0.6) is 0 Å². The van der Waals surface area contributed by atoms with Crippen LogP contribution in [0.2, 0.25) is 0 Å². The third-order valence-corrected chi connectivity index (χ3v) is 18.3. The lowest BCUT2D eigenvalue weighted by atomic mass is 10.1. The zero-order chi connectivity index (χ0) is 78.9. The van der Waals surface area contributed by atoms with Gasteiger partial charge in [-0.25, -0.2) is 9.13 Å². The Morgan fingerprint density at radius 2 is 0.500 bits per heavy atom. The minimum atomic E-state index is -5.03. The standard InChI is InChI=1S/C89H144O17P2/c1-5-9-13-17-21-25-29-33-37-39-41-43-47-50-54-58-62-66-70-74-87(92)100-80-85(106-89(94)76-72-68-64-60-56-52-48-44-42-40-38-34-30-26-22-18-14-10-6-2)82-104-108(97,98)102-78-83(90)77-101-107(95,96)103-81-84(105-88(93)75-71-67-63-59-55-51-46-36-32-28-24-20-16-12-8-4)79-99-86(91)73-69-65-61-57-53-49-45-35-31-27-23-19-15-11-7-3/h10,14,21-28,33-38,41-46,50,52,54,56,62,64,66,68,83-85,90H,5-9,11-13,15-20,29-32,39-40,47-49,51,53,55,57-61,63,65,67,69-82H2,1-4H3,(H,95,96)(H,97,98)/b14-10-,25-21-,26-22-,27-23-,28-24-,37-33-,38-34-,43-41-,44-42-,45-35-,46-36-,54-50-,56-52-,66-62-,68-64-/t83-,84+,85+/m0/s1. The van der Waals surface area contributed by atoms with Gasteiger partial charge in [-0.3, -0.25) is 37.3 Å². The maximum Gasteiger partial charge on any atom is 0.472 e. The molecule has 0 aromatic carbocycles. The highest BCUT2D eigenvalue weighted by Gasteiger charge is 2.30. The second kappa shape index (κ2) is 79.3. The van der Waals surface area contributed by atoms with Crippen molar-refractivity contribution in [2.24, 2.45) is 0 Å². The van der Waals surface area contributed by atoms with Crippen molar-refractivity contribution >= 4 is 39.5 Å². The van der Waals surface area contributed by atoms with Gasteiger partial charge in [-0.1, -0.05) is 287 Å². The maximum atomic E-state index is 13.1. The Morgan fingerprint density at radius 3 is 0.815 bits per heavy atom. The lowest BCUT2D eigenvalue weighted by Crippen LogP contribution is -2.30. The van der Waals surface area contributed by atoms with Crippen LogP contribution in [0, 0.1) is 0 Å². The first kappa shape index (κ1) is 102. The molecular weight excluding hydrogens is 1400 g/mol. The fraction of sp³-hybridized carbons (Fsp3) is 0.618. The summed E-state index contributed by atoms with van der Waals surface area (Å²) in [5.41, 5.74) is 0. The molecule has 0 aliphatic carbocycles. The van der Waals surface area contributed by atoms with Gasteiger partial charge < -0.3 is 33.8 Å². The van der Waals surface area contributed by atoms with Crippen molar-refractivity contribution in [1.29, 1.82) is 0 Å². The molecule has 0 aromatic rings. The van der Waals surface area contributed by atoms with Crippen LogP contribution >= 0.6 is 15.6 Å². The van der Waals surface area contributed by atoms with E-state index < -0.39 is 97.5 Å². The predicted octanol–water partition coefficient (Wildman–Crippen LogP) is 24.3. The summed E-state index contributed by atoms with van der Waals surface area (Å²) < 4.78 is 68.5. The molecule has 0 aliphatic rings. The number of carbonyl (C=O) groups excluding carboxylic acids is 4. The van der Waals surface area contributed by atoms with Crippen LogP contribution in [0.1, 0.15) is 297 Å². The zero-order valence-electron chi connectivity index (χ0n) is 66.9. The van der Waals surface area contributed by atoms with E-state index in [2.05, 4.69) is 174 Å². The van der Waals surface area contributed by atoms with Gasteiger partial charge in [0.05, 0.1) is 26.4 Å². The first-order valence-corrected chi connectivity index (χ1v) is 44.0. The third kappa shape index (κ3) is 78.3. The van der Waals surface area contributed by atoms with E-state index in [1.165, 1.54) is 57.8 Å². The molecule has 3 N–H and O–H groups in total. The van der Waals surface area contributed by atoms with Gasteiger partial charge in [0, 0.05) is 25.7 Å². The number of ether oxygens (including phenoxy) is 4. The van der Waals surface area contributed by atoms with Crippen LogP contribution in [0.3, 0.4) is 0 Å². The fourth-order valence-electron chi connectivity index (χ4n) is 10.1. The van der Waals surface area contributed by atoms with Gasteiger partial charge in [-0.15, -0.1) is 0 Å². The van der Waals surface area contributed by atoms with Gasteiger partial charge >= 0.3 is 39.5 Å². The van der Waals surface area contributed by atoms with Crippen molar-refractivity contribution in [2.45, 2.75) is 316 Å². The maximum absolute atomic E-state index is 13.1. The number of allylic oxidation sites excluding steroid dienone is 30. The number of hydrogen-bond acceptors (Lipinski definition) is 15. The van der Waals surface area contributed by atoms with Crippen LogP contribution in [0.15, 0.2) is 182 Å². The predicted molar refractivity (Wildman–Crippen MR) is 445 cm³/mol. The summed E-state index contributed by atoms with van der Waals surface area (Å²) in [6.07, 6.45) is 96.1. The number of aliphatic hydroxyl groups is 1. The third-order valence-electron chi connectivity index (χ3n) is 16.4. The molecule has 19 heteroatoms. The summed E-state index contributed by atoms with van der Waals surface area (Å²) in [7, 11) is -10.0. The normalized spacial score (nSPS) is 14.8. The Morgan fingerprint density at radius 1 is 0.269 bits per heavy atom. The van der Waals surface area contributed by atoms with E-state index in [1.54, 1.807) is 0 Å². The van der Waals surface area contributed by atoms with Crippen LogP contribution < -0.4 is 0 Å². The van der Waals surface area contributed by atoms with Crippen LogP contribution in [-0.2, 0) is 65.4 Å². The molecule has 2 unspecified atom stereocenters. The molecule has 0 fully saturated rings. The quantitative estimate of drug-likeness (QED) is 0.0169. The Balaban J connectivity index is 5.55. The first-order chi connectivity index (χ1) is 52.7. The number of hydrogen-bond donors (Lipinski definition) is 3. The van der Waals surface area contributed by atoms with Crippen molar-refractivity contribution < 1.29 is 80.2 Å². The number of unbranched alkanes of at least 4 members (excludes halogenated alkanes) is 19. The van der Waals surface area contributed by atoms with E-state index >= 15 is 0 Å². The fourth-order valence-corrected chi connectivity index (χ4v) is 11.7. The SMILES string of the molecule is CC/C=C\C/C=C\C/C=C\C/C=C\C/C=C\C/C=C\CCC(=O)O[C@H](COC(=O)CC/C=C\C/C=C\C/C=C\C/C=C\C/C=C\CCCCC)COP(=O)(O)OC[C@@H](O)COP(=O)(O)OC[C@@H](COC(=O)CCCCCCC/C=C\C/C=C\CCCCC)OC(=O)CCCCCCC/C=C\C/C=C\CCCCC.